The van der Waals surface area contributed by atoms with Crippen LogP contribution in [0.4, 0.5) is 27.8 Å². The van der Waals surface area contributed by atoms with E-state index in [-0.39, 0.29) is 17.9 Å². The second-order valence-electron chi connectivity index (χ2n) is 7.89. The van der Waals surface area contributed by atoms with E-state index < -0.39 is 10.0 Å². The molecule has 0 bridgehead atoms. The van der Waals surface area contributed by atoms with Crippen LogP contribution in [0, 0.1) is 5.82 Å². The molecule has 1 aromatic carbocycles. The van der Waals surface area contributed by atoms with Crippen molar-refractivity contribution >= 4 is 33.4 Å². The summed E-state index contributed by atoms with van der Waals surface area (Å²) in [4.78, 5) is 19.5. The van der Waals surface area contributed by atoms with E-state index in [1.165, 1.54) is 12.1 Å². The van der Waals surface area contributed by atoms with Crippen LogP contribution in [0.2, 0.25) is 0 Å². The number of anilines is 4. The van der Waals surface area contributed by atoms with Gasteiger partial charge in [-0.1, -0.05) is 12.1 Å². The van der Waals surface area contributed by atoms with Crippen molar-refractivity contribution in [2.24, 2.45) is 0 Å². The van der Waals surface area contributed by atoms with Gasteiger partial charge in [0.15, 0.2) is 0 Å². The van der Waals surface area contributed by atoms with Gasteiger partial charge in [-0.05, 0) is 31.0 Å². The summed E-state index contributed by atoms with van der Waals surface area (Å²) in [6.45, 7) is 3.06. The Morgan fingerprint density at radius 2 is 1.94 bits per heavy atom. The van der Waals surface area contributed by atoms with E-state index in [4.69, 9.17) is 0 Å². The molecule has 10 nitrogen and oxygen atoms in total. The standard InChI is InChI=1S/C21H25FN8O2S/c1-14(15-3-5-16(22)6-4-15)25-21-27-18(26-19-12-23-8-9-24-19)11-20(28-21)30-10-7-17(13-30)29-33(2,31)32/h3-6,8-9,11-12,14,17,29H,7,10,13H2,1-2H3,(H2,24,25,26,27,28). The van der Waals surface area contributed by atoms with Crippen molar-refractivity contribution in [1.82, 2.24) is 24.7 Å². The van der Waals surface area contributed by atoms with E-state index in [2.05, 4.69) is 35.3 Å². The summed E-state index contributed by atoms with van der Waals surface area (Å²) in [5.74, 6) is 1.75. The highest BCUT2D eigenvalue weighted by molar-refractivity contribution is 7.88. The molecule has 2 unspecified atom stereocenters. The summed E-state index contributed by atoms with van der Waals surface area (Å²) in [5, 5.41) is 6.38. The number of benzene rings is 1. The van der Waals surface area contributed by atoms with Gasteiger partial charge in [-0.3, -0.25) is 4.98 Å². The van der Waals surface area contributed by atoms with Gasteiger partial charge in [-0.25, -0.2) is 22.5 Å². The van der Waals surface area contributed by atoms with Crippen LogP contribution < -0.4 is 20.3 Å². The van der Waals surface area contributed by atoms with Crippen LogP contribution in [0.3, 0.4) is 0 Å². The molecule has 3 heterocycles. The third-order valence-electron chi connectivity index (χ3n) is 5.14. The van der Waals surface area contributed by atoms with Crippen molar-refractivity contribution in [3.05, 3.63) is 60.3 Å². The number of hydrogen-bond donors (Lipinski definition) is 3. The van der Waals surface area contributed by atoms with Crippen LogP contribution in [0.15, 0.2) is 48.9 Å². The van der Waals surface area contributed by atoms with E-state index in [0.29, 0.717) is 42.9 Å². The van der Waals surface area contributed by atoms with Gasteiger partial charge >= 0.3 is 0 Å². The Labute approximate surface area is 191 Å². The smallest absolute Gasteiger partial charge is 0.227 e. The van der Waals surface area contributed by atoms with Crippen LogP contribution in [0.5, 0.6) is 0 Å². The molecule has 0 spiro atoms. The molecule has 2 atom stereocenters. The Morgan fingerprint density at radius 1 is 1.15 bits per heavy atom. The molecule has 12 heteroatoms. The van der Waals surface area contributed by atoms with E-state index in [9.17, 15) is 12.8 Å². The molecule has 1 aliphatic rings. The van der Waals surface area contributed by atoms with Gasteiger partial charge in [0, 0.05) is 37.6 Å². The minimum atomic E-state index is -3.30. The van der Waals surface area contributed by atoms with Gasteiger partial charge in [0.1, 0.15) is 23.3 Å². The number of hydrogen-bond acceptors (Lipinski definition) is 9. The Morgan fingerprint density at radius 3 is 2.64 bits per heavy atom. The van der Waals surface area contributed by atoms with Crippen LogP contribution in [0.25, 0.3) is 0 Å². The molecular formula is C21H25FN8O2S. The average Bonchev–Trinajstić information content (AvgIpc) is 3.21. The summed E-state index contributed by atoms with van der Waals surface area (Å²) < 4.78 is 39.2. The summed E-state index contributed by atoms with van der Waals surface area (Å²) >= 11 is 0. The molecule has 4 rings (SSSR count). The van der Waals surface area contributed by atoms with Gasteiger partial charge < -0.3 is 15.5 Å². The zero-order chi connectivity index (χ0) is 23.4. The van der Waals surface area contributed by atoms with E-state index in [1.54, 1.807) is 36.8 Å². The molecule has 2 aromatic heterocycles. The van der Waals surface area contributed by atoms with Crippen LogP contribution in [-0.4, -0.2) is 53.7 Å². The summed E-state index contributed by atoms with van der Waals surface area (Å²) in [6.07, 6.45) is 6.55. The number of nitrogens with one attached hydrogen (secondary N) is 3. The van der Waals surface area contributed by atoms with E-state index in [1.807, 2.05) is 11.8 Å². The molecule has 3 N–H and O–H groups in total. The first-order valence-corrected chi connectivity index (χ1v) is 12.3. The van der Waals surface area contributed by atoms with Gasteiger partial charge in [-0.2, -0.15) is 9.97 Å². The number of nitrogens with zero attached hydrogens (tertiary/aromatic N) is 5. The van der Waals surface area contributed by atoms with Crippen molar-refractivity contribution in [2.45, 2.75) is 25.4 Å². The molecule has 0 amide bonds. The fourth-order valence-corrected chi connectivity index (χ4v) is 4.41. The average molecular weight is 473 g/mol. The highest BCUT2D eigenvalue weighted by atomic mass is 32.2. The lowest BCUT2D eigenvalue weighted by atomic mass is 10.1. The Hall–Kier alpha value is -3.38. The summed E-state index contributed by atoms with van der Waals surface area (Å²) in [5.41, 5.74) is 0.882. The molecule has 0 saturated carbocycles. The number of rotatable bonds is 8. The first kappa shape index (κ1) is 22.8. The third-order valence-corrected chi connectivity index (χ3v) is 5.90. The SMILES string of the molecule is CC(Nc1nc(Nc2cnccn2)cc(N2CCC(NS(C)(=O)=O)C2)n1)c1ccc(F)cc1. The third kappa shape index (κ3) is 6.33. The maximum Gasteiger partial charge on any atom is 0.227 e. The highest BCUT2D eigenvalue weighted by Gasteiger charge is 2.26. The number of aromatic nitrogens is 4. The quantitative estimate of drug-likeness (QED) is 0.453. The Balaban J connectivity index is 1.58. The normalized spacial score (nSPS) is 17.1. The van der Waals surface area contributed by atoms with Crippen molar-refractivity contribution < 1.29 is 12.8 Å². The van der Waals surface area contributed by atoms with Gasteiger partial charge in [0.05, 0.1) is 18.5 Å². The van der Waals surface area contributed by atoms with Crippen LogP contribution >= 0.6 is 0 Å². The lowest BCUT2D eigenvalue weighted by Crippen LogP contribution is -2.36. The molecule has 0 aliphatic carbocycles. The maximum atomic E-state index is 13.3. The predicted molar refractivity (Wildman–Crippen MR) is 124 cm³/mol. The number of sulfonamides is 1. The largest absolute Gasteiger partial charge is 0.355 e. The second kappa shape index (κ2) is 9.63. The fourth-order valence-electron chi connectivity index (χ4n) is 3.62. The van der Waals surface area contributed by atoms with Gasteiger partial charge in [-0.15, -0.1) is 0 Å². The van der Waals surface area contributed by atoms with Gasteiger partial charge in [0.2, 0.25) is 16.0 Å². The van der Waals surface area contributed by atoms with Crippen molar-refractivity contribution in [3.8, 4) is 0 Å². The number of halogens is 1. The molecule has 1 aliphatic heterocycles. The first-order valence-electron chi connectivity index (χ1n) is 10.4. The van der Waals surface area contributed by atoms with E-state index >= 15 is 0 Å². The zero-order valence-corrected chi connectivity index (χ0v) is 19.1. The summed E-state index contributed by atoms with van der Waals surface area (Å²) in [6, 6.07) is 7.64. The van der Waals surface area contributed by atoms with Crippen LogP contribution in [0.1, 0.15) is 24.9 Å². The van der Waals surface area contributed by atoms with Crippen molar-refractivity contribution in [1.29, 1.82) is 0 Å². The molecular weight excluding hydrogens is 447 g/mol. The van der Waals surface area contributed by atoms with Gasteiger partial charge in [0.25, 0.3) is 0 Å². The minimum absolute atomic E-state index is 0.177. The molecule has 1 saturated heterocycles. The second-order valence-corrected chi connectivity index (χ2v) is 9.67. The van der Waals surface area contributed by atoms with E-state index in [0.717, 1.165) is 11.8 Å². The molecule has 33 heavy (non-hydrogen) atoms. The molecule has 0 radical (unpaired) electrons. The Bertz CT molecular complexity index is 1190. The maximum absolute atomic E-state index is 13.3. The molecule has 3 aromatic rings. The Kier molecular flexibility index (Phi) is 6.65. The fraction of sp³-hybridized carbons (Fsp3) is 0.333. The van der Waals surface area contributed by atoms with Crippen molar-refractivity contribution in [2.75, 3.05) is 34.9 Å². The van der Waals surface area contributed by atoms with Crippen LogP contribution in [-0.2, 0) is 10.0 Å². The molecule has 174 valence electrons. The lowest BCUT2D eigenvalue weighted by Gasteiger charge is -2.21. The van der Waals surface area contributed by atoms with Crippen molar-refractivity contribution in [3.63, 3.8) is 0 Å². The first-order chi connectivity index (χ1) is 15.7. The minimum Gasteiger partial charge on any atom is -0.355 e. The monoisotopic (exact) mass is 472 g/mol. The highest BCUT2D eigenvalue weighted by Crippen LogP contribution is 2.26. The topological polar surface area (TPSA) is 125 Å². The predicted octanol–water partition coefficient (Wildman–Crippen LogP) is 2.45. The summed E-state index contributed by atoms with van der Waals surface area (Å²) in [7, 11) is -3.30. The lowest BCUT2D eigenvalue weighted by molar-refractivity contribution is 0.567. The molecule has 1 fully saturated rings. The zero-order valence-electron chi connectivity index (χ0n) is 18.2.